The van der Waals surface area contributed by atoms with E-state index in [9.17, 15) is 13.2 Å². The maximum absolute atomic E-state index is 12.7. The van der Waals surface area contributed by atoms with Gasteiger partial charge in [0.15, 0.2) is 9.84 Å². The number of rotatable bonds is 4. The van der Waals surface area contributed by atoms with Gasteiger partial charge in [-0.25, -0.2) is 13.4 Å². The molecule has 7 heteroatoms. The Hall–Kier alpha value is -1.60. The van der Waals surface area contributed by atoms with Gasteiger partial charge in [-0.05, 0) is 44.4 Å². The van der Waals surface area contributed by atoms with Crippen LogP contribution in [-0.2, 0) is 14.6 Å². The van der Waals surface area contributed by atoms with E-state index in [4.69, 9.17) is 4.98 Å². The number of carbonyl (C=O) groups is 1. The molecule has 0 N–H and O–H groups in total. The van der Waals surface area contributed by atoms with E-state index in [1.165, 1.54) is 11.8 Å². The normalized spacial score (nSPS) is 20.2. The molecule has 140 valence electrons. The lowest BCUT2D eigenvalue weighted by Crippen LogP contribution is -2.41. The lowest BCUT2D eigenvalue weighted by Gasteiger charge is -2.26. The summed E-state index contributed by atoms with van der Waals surface area (Å²) in [6.45, 7) is 5.94. The summed E-state index contributed by atoms with van der Waals surface area (Å²) in [7, 11) is -1.30. The zero-order chi connectivity index (χ0) is 19.1. The highest BCUT2D eigenvalue weighted by atomic mass is 32.2. The molecule has 5 nitrogen and oxygen atoms in total. The molecule has 1 aromatic carbocycles. The third-order valence-electron chi connectivity index (χ3n) is 4.97. The average molecular weight is 393 g/mol. The van der Waals surface area contributed by atoms with Gasteiger partial charge in [0.05, 0.1) is 27.3 Å². The molecule has 2 heterocycles. The number of benzene rings is 1. The van der Waals surface area contributed by atoms with Gasteiger partial charge in [0.2, 0.25) is 5.91 Å². The first-order chi connectivity index (χ1) is 12.2. The summed E-state index contributed by atoms with van der Waals surface area (Å²) in [4.78, 5) is 19.1. The van der Waals surface area contributed by atoms with Gasteiger partial charge in [0.1, 0.15) is 0 Å². The first-order valence-electron chi connectivity index (χ1n) is 8.68. The van der Waals surface area contributed by atoms with Crippen molar-refractivity contribution in [2.45, 2.75) is 43.5 Å². The van der Waals surface area contributed by atoms with E-state index < -0.39 is 9.84 Å². The molecule has 0 aliphatic carbocycles. The van der Waals surface area contributed by atoms with Gasteiger partial charge in [-0.15, -0.1) is 0 Å². The highest BCUT2D eigenvalue weighted by Crippen LogP contribution is 2.29. The van der Waals surface area contributed by atoms with E-state index in [0.717, 1.165) is 27.1 Å². The van der Waals surface area contributed by atoms with Crippen LogP contribution in [0.2, 0.25) is 0 Å². The standard InChI is InChI=1S/C19H24N2O3S2/c1-12-6-5-7-16-13(2)10-17(20-18(12)16)25-14(3)19(22)21(4)15-8-9-26(23,24)11-15/h5-7,10,14-15H,8-9,11H2,1-4H3/t14-,15+/m1/s1. The van der Waals surface area contributed by atoms with Crippen LogP contribution in [0.1, 0.15) is 24.5 Å². The highest BCUT2D eigenvalue weighted by molar-refractivity contribution is 8.00. The van der Waals surface area contributed by atoms with E-state index in [1.54, 1.807) is 11.9 Å². The molecule has 1 amide bonds. The molecule has 2 atom stereocenters. The van der Waals surface area contributed by atoms with Crippen molar-refractivity contribution in [3.63, 3.8) is 0 Å². The van der Waals surface area contributed by atoms with Crippen molar-refractivity contribution < 1.29 is 13.2 Å². The summed E-state index contributed by atoms with van der Waals surface area (Å²) in [6, 6.07) is 7.91. The van der Waals surface area contributed by atoms with E-state index in [2.05, 4.69) is 13.0 Å². The number of para-hydroxylation sites is 1. The molecule has 1 aliphatic rings. The van der Waals surface area contributed by atoms with Gasteiger partial charge in [-0.2, -0.15) is 0 Å². The summed E-state index contributed by atoms with van der Waals surface area (Å²) >= 11 is 1.42. The molecule has 2 aromatic rings. The second kappa shape index (κ2) is 7.19. The number of hydrogen-bond acceptors (Lipinski definition) is 5. The van der Waals surface area contributed by atoms with Crippen molar-refractivity contribution in [3.8, 4) is 0 Å². The summed E-state index contributed by atoms with van der Waals surface area (Å²) < 4.78 is 23.3. The molecule has 26 heavy (non-hydrogen) atoms. The molecular formula is C19H24N2O3S2. The summed E-state index contributed by atoms with van der Waals surface area (Å²) in [5, 5.41) is 1.62. The number of aromatic nitrogens is 1. The van der Waals surface area contributed by atoms with Gasteiger partial charge < -0.3 is 4.90 Å². The van der Waals surface area contributed by atoms with Crippen molar-refractivity contribution >= 4 is 38.4 Å². The van der Waals surface area contributed by atoms with Gasteiger partial charge >= 0.3 is 0 Å². The molecular weight excluding hydrogens is 368 g/mol. The Morgan fingerprint density at radius 2 is 2.04 bits per heavy atom. The minimum absolute atomic E-state index is 0.0542. The molecule has 3 rings (SSSR count). The van der Waals surface area contributed by atoms with E-state index >= 15 is 0 Å². The number of sulfone groups is 1. The molecule has 0 radical (unpaired) electrons. The van der Waals surface area contributed by atoms with Crippen LogP contribution in [-0.4, -0.2) is 54.1 Å². The summed E-state index contributed by atoms with van der Waals surface area (Å²) in [6.07, 6.45) is 0.522. The van der Waals surface area contributed by atoms with Crippen LogP contribution in [0.4, 0.5) is 0 Å². The van der Waals surface area contributed by atoms with E-state index in [-0.39, 0.29) is 28.7 Å². The second-order valence-corrected chi connectivity index (χ2v) is 10.6. The smallest absolute Gasteiger partial charge is 0.235 e. The molecule has 0 spiro atoms. The fourth-order valence-electron chi connectivity index (χ4n) is 3.37. The Morgan fingerprint density at radius 3 is 2.69 bits per heavy atom. The number of nitrogens with zero attached hydrogens (tertiary/aromatic N) is 2. The minimum Gasteiger partial charge on any atom is -0.341 e. The van der Waals surface area contributed by atoms with Gasteiger partial charge in [-0.3, -0.25) is 4.79 Å². The van der Waals surface area contributed by atoms with E-state index in [0.29, 0.717) is 6.42 Å². The van der Waals surface area contributed by atoms with Crippen LogP contribution < -0.4 is 0 Å². The Bertz CT molecular complexity index is 957. The van der Waals surface area contributed by atoms with Crippen LogP contribution in [0, 0.1) is 13.8 Å². The Morgan fingerprint density at radius 1 is 1.31 bits per heavy atom. The lowest BCUT2D eigenvalue weighted by atomic mass is 10.1. The van der Waals surface area contributed by atoms with Crippen molar-refractivity contribution in [2.75, 3.05) is 18.6 Å². The quantitative estimate of drug-likeness (QED) is 0.749. The molecule has 1 aromatic heterocycles. The first-order valence-corrected chi connectivity index (χ1v) is 11.4. The maximum Gasteiger partial charge on any atom is 0.235 e. The van der Waals surface area contributed by atoms with Crippen molar-refractivity contribution in [2.24, 2.45) is 0 Å². The Labute approximate surface area is 159 Å². The fraction of sp³-hybridized carbons (Fsp3) is 0.474. The van der Waals surface area contributed by atoms with Crippen LogP contribution >= 0.6 is 11.8 Å². The third-order valence-corrected chi connectivity index (χ3v) is 7.73. The number of hydrogen-bond donors (Lipinski definition) is 0. The van der Waals surface area contributed by atoms with Crippen LogP contribution in [0.25, 0.3) is 10.9 Å². The van der Waals surface area contributed by atoms with Crippen molar-refractivity contribution in [1.82, 2.24) is 9.88 Å². The van der Waals surface area contributed by atoms with Crippen LogP contribution in [0.15, 0.2) is 29.3 Å². The van der Waals surface area contributed by atoms with Gasteiger partial charge in [-0.1, -0.05) is 30.0 Å². The largest absolute Gasteiger partial charge is 0.341 e. The first kappa shape index (κ1) is 19.2. The number of amides is 1. The van der Waals surface area contributed by atoms with Gasteiger partial charge in [0.25, 0.3) is 0 Å². The number of pyridine rings is 1. The summed E-state index contributed by atoms with van der Waals surface area (Å²) in [5.41, 5.74) is 3.21. The third kappa shape index (κ3) is 3.88. The Kier molecular flexibility index (Phi) is 5.30. The van der Waals surface area contributed by atoms with Crippen molar-refractivity contribution in [3.05, 3.63) is 35.4 Å². The number of aryl methyl sites for hydroxylation is 2. The monoisotopic (exact) mass is 392 g/mol. The fourth-order valence-corrected chi connectivity index (χ4v) is 6.16. The SMILES string of the molecule is Cc1cc(S[C@H](C)C(=O)N(C)[C@H]2CCS(=O)(=O)C2)nc2c(C)cccc12. The molecule has 0 unspecified atom stereocenters. The Balaban J connectivity index is 1.77. The van der Waals surface area contributed by atoms with Crippen LogP contribution in [0.3, 0.4) is 0 Å². The number of thioether (sulfide) groups is 1. The predicted octanol–water partition coefficient (Wildman–Crippen LogP) is 2.98. The van der Waals surface area contributed by atoms with Crippen molar-refractivity contribution in [1.29, 1.82) is 0 Å². The average Bonchev–Trinajstić information content (AvgIpc) is 2.94. The topological polar surface area (TPSA) is 67.3 Å². The van der Waals surface area contributed by atoms with Gasteiger partial charge in [0, 0.05) is 18.5 Å². The lowest BCUT2D eigenvalue weighted by molar-refractivity contribution is -0.130. The molecule has 1 saturated heterocycles. The summed E-state index contributed by atoms with van der Waals surface area (Å²) in [5.74, 6) is 0.183. The zero-order valence-electron chi connectivity index (χ0n) is 15.5. The molecule has 1 fully saturated rings. The molecule has 0 bridgehead atoms. The predicted molar refractivity (Wildman–Crippen MR) is 106 cm³/mol. The zero-order valence-corrected chi connectivity index (χ0v) is 17.2. The highest BCUT2D eigenvalue weighted by Gasteiger charge is 2.34. The maximum atomic E-state index is 12.7. The number of carbonyl (C=O) groups excluding carboxylic acids is 1. The van der Waals surface area contributed by atoms with Crippen LogP contribution in [0.5, 0.6) is 0 Å². The minimum atomic E-state index is -3.01. The molecule has 1 aliphatic heterocycles. The van der Waals surface area contributed by atoms with E-state index in [1.807, 2.05) is 32.0 Å². The second-order valence-electron chi connectivity index (χ2n) is 7.01. The molecule has 0 saturated carbocycles. The number of fused-ring (bicyclic) bond motifs is 1.